The van der Waals surface area contributed by atoms with Crippen LogP contribution in [0.4, 0.5) is 0 Å². The molecule has 0 aliphatic carbocycles. The molecule has 0 radical (unpaired) electrons. The number of phenolic OH excluding ortho intramolecular Hbond substituents is 1. The molecule has 0 heterocycles. The molecule has 3 rings (SSSR count). The molecule has 3 aromatic carbocycles. The van der Waals surface area contributed by atoms with E-state index in [0.29, 0.717) is 11.3 Å². The Hall–Kier alpha value is -3.34. The average molecular weight is 433 g/mol. The fraction of sp³-hybridized carbons (Fsp3) is 0.333. The highest BCUT2D eigenvalue weighted by Crippen LogP contribution is 2.36. The first-order valence-electron chi connectivity index (χ1n) is 10.8. The molecule has 0 fully saturated rings. The van der Waals surface area contributed by atoms with Gasteiger partial charge in [-0.15, -0.1) is 0 Å². The number of hydrazone groups is 1. The van der Waals surface area contributed by atoms with Crippen molar-refractivity contribution < 1.29 is 14.6 Å². The van der Waals surface area contributed by atoms with Crippen molar-refractivity contribution in [3.63, 3.8) is 0 Å². The van der Waals surface area contributed by atoms with Crippen LogP contribution >= 0.6 is 0 Å². The third-order valence-corrected chi connectivity index (χ3v) is 5.31. The van der Waals surface area contributed by atoms with Gasteiger partial charge in [0.25, 0.3) is 5.91 Å². The van der Waals surface area contributed by atoms with Crippen LogP contribution in [0.15, 0.2) is 65.8 Å². The van der Waals surface area contributed by atoms with Crippen molar-refractivity contribution in [1.29, 1.82) is 0 Å². The van der Waals surface area contributed by atoms with Gasteiger partial charge in [0.2, 0.25) is 0 Å². The largest absolute Gasteiger partial charge is 0.507 e. The molecule has 0 aliphatic heterocycles. The smallest absolute Gasteiger partial charge is 0.277 e. The van der Waals surface area contributed by atoms with Crippen molar-refractivity contribution in [2.24, 2.45) is 10.5 Å². The molecule has 0 spiro atoms. The minimum absolute atomic E-state index is 0.0516. The summed E-state index contributed by atoms with van der Waals surface area (Å²) in [5.74, 6) is 0.358. The molecule has 0 unspecified atom stereocenters. The van der Waals surface area contributed by atoms with Crippen molar-refractivity contribution in [3.8, 4) is 11.5 Å². The number of amides is 1. The Kier molecular flexibility index (Phi) is 6.87. The number of fused-ring (bicyclic) bond motifs is 1. The first-order chi connectivity index (χ1) is 15.0. The summed E-state index contributed by atoms with van der Waals surface area (Å²) < 4.78 is 5.60. The molecular formula is C27H32N2O3. The number of carbonyl (C=O) groups is 1. The predicted octanol–water partition coefficient (Wildman–Crippen LogP) is 5.79. The van der Waals surface area contributed by atoms with Crippen LogP contribution < -0.4 is 10.2 Å². The lowest BCUT2D eigenvalue weighted by atomic mass is 9.72. The lowest BCUT2D eigenvalue weighted by molar-refractivity contribution is -0.123. The van der Waals surface area contributed by atoms with E-state index in [4.69, 9.17) is 4.74 Å². The zero-order valence-electron chi connectivity index (χ0n) is 19.5. The van der Waals surface area contributed by atoms with Gasteiger partial charge in [0.05, 0.1) is 6.21 Å². The highest BCUT2D eigenvalue weighted by Gasteiger charge is 2.27. The van der Waals surface area contributed by atoms with Gasteiger partial charge in [0.1, 0.15) is 11.5 Å². The first-order valence-corrected chi connectivity index (χ1v) is 10.8. The van der Waals surface area contributed by atoms with Gasteiger partial charge in [-0.05, 0) is 51.8 Å². The maximum Gasteiger partial charge on any atom is 0.277 e. The van der Waals surface area contributed by atoms with Gasteiger partial charge in [-0.1, -0.05) is 77.1 Å². The lowest BCUT2D eigenvalue weighted by Crippen LogP contribution is -2.25. The number of nitrogens with zero attached hydrogens (tertiary/aromatic N) is 1. The Morgan fingerprint density at radius 1 is 1.00 bits per heavy atom. The number of hydrogen-bond donors (Lipinski definition) is 2. The topological polar surface area (TPSA) is 70.9 Å². The van der Waals surface area contributed by atoms with Gasteiger partial charge < -0.3 is 9.84 Å². The first kappa shape index (κ1) is 23.3. The van der Waals surface area contributed by atoms with Crippen LogP contribution in [0.5, 0.6) is 11.5 Å². The summed E-state index contributed by atoms with van der Waals surface area (Å²) in [6.07, 6.45) is 2.51. The van der Waals surface area contributed by atoms with E-state index in [1.807, 2.05) is 42.5 Å². The summed E-state index contributed by atoms with van der Waals surface area (Å²) >= 11 is 0. The number of rotatable bonds is 7. The van der Waals surface area contributed by atoms with Crippen molar-refractivity contribution in [3.05, 3.63) is 71.8 Å². The van der Waals surface area contributed by atoms with Crippen molar-refractivity contribution >= 4 is 22.9 Å². The standard InChI is InChI=1S/C27H32N2O3/c1-26(2,3)18-27(4,5)20-11-13-21(14-12-20)32-17-25(31)29-28-16-23-22-9-7-6-8-19(22)10-15-24(23)30/h6-16,30H,17-18H2,1-5H3,(H,29,31). The molecule has 3 aromatic rings. The lowest BCUT2D eigenvalue weighted by Gasteiger charge is -2.33. The Labute approximate surface area is 190 Å². The van der Waals surface area contributed by atoms with E-state index in [1.165, 1.54) is 11.8 Å². The molecule has 0 saturated carbocycles. The predicted molar refractivity (Wildman–Crippen MR) is 130 cm³/mol. The molecule has 2 N–H and O–H groups in total. The molecule has 0 aliphatic rings. The summed E-state index contributed by atoms with van der Waals surface area (Å²) in [7, 11) is 0. The molecule has 5 nitrogen and oxygen atoms in total. The zero-order chi connectivity index (χ0) is 23.4. The molecule has 0 saturated heterocycles. The normalized spacial score (nSPS) is 12.3. The van der Waals surface area contributed by atoms with Gasteiger partial charge in [-0.2, -0.15) is 5.10 Å². The van der Waals surface area contributed by atoms with E-state index in [9.17, 15) is 9.90 Å². The fourth-order valence-corrected chi connectivity index (χ4v) is 4.20. The van der Waals surface area contributed by atoms with Gasteiger partial charge in [-0.3, -0.25) is 4.79 Å². The SMILES string of the molecule is CC(C)(C)CC(C)(C)c1ccc(OCC(=O)NN=Cc2c(O)ccc3ccccc23)cc1. The Morgan fingerprint density at radius 2 is 1.69 bits per heavy atom. The second kappa shape index (κ2) is 9.43. The summed E-state index contributed by atoms with van der Waals surface area (Å²) in [5.41, 5.74) is 4.53. The van der Waals surface area contributed by atoms with E-state index in [2.05, 4.69) is 57.3 Å². The Morgan fingerprint density at radius 3 is 2.38 bits per heavy atom. The molecule has 168 valence electrons. The van der Waals surface area contributed by atoms with Crippen LogP contribution in [-0.2, 0) is 10.2 Å². The number of hydrogen-bond acceptors (Lipinski definition) is 4. The zero-order valence-corrected chi connectivity index (χ0v) is 19.5. The van der Waals surface area contributed by atoms with E-state index in [0.717, 1.165) is 17.2 Å². The molecule has 0 atom stereocenters. The van der Waals surface area contributed by atoms with Crippen LogP contribution in [0.3, 0.4) is 0 Å². The number of aromatic hydroxyl groups is 1. The van der Waals surface area contributed by atoms with Crippen LogP contribution in [0.25, 0.3) is 10.8 Å². The van der Waals surface area contributed by atoms with Gasteiger partial charge in [-0.25, -0.2) is 5.43 Å². The van der Waals surface area contributed by atoms with E-state index in [1.54, 1.807) is 6.07 Å². The maximum absolute atomic E-state index is 12.1. The van der Waals surface area contributed by atoms with Crippen molar-refractivity contribution in [1.82, 2.24) is 5.43 Å². The maximum atomic E-state index is 12.1. The summed E-state index contributed by atoms with van der Waals surface area (Å²) in [6.45, 7) is 11.1. The summed E-state index contributed by atoms with van der Waals surface area (Å²) in [6, 6.07) is 19.0. The number of ether oxygens (including phenoxy) is 1. The third-order valence-electron chi connectivity index (χ3n) is 5.31. The number of nitrogens with one attached hydrogen (secondary N) is 1. The van der Waals surface area contributed by atoms with Crippen molar-refractivity contribution in [2.75, 3.05) is 6.61 Å². The van der Waals surface area contributed by atoms with E-state index < -0.39 is 0 Å². The Balaban J connectivity index is 1.56. The second-order valence-electron chi connectivity index (χ2n) is 9.95. The third kappa shape index (κ3) is 6.10. The average Bonchev–Trinajstić information content (AvgIpc) is 2.72. The minimum Gasteiger partial charge on any atom is -0.507 e. The van der Waals surface area contributed by atoms with Gasteiger partial charge in [0, 0.05) is 5.56 Å². The fourth-order valence-electron chi connectivity index (χ4n) is 4.20. The highest BCUT2D eigenvalue weighted by molar-refractivity contribution is 6.02. The second-order valence-corrected chi connectivity index (χ2v) is 9.95. The van der Waals surface area contributed by atoms with E-state index >= 15 is 0 Å². The van der Waals surface area contributed by atoms with Gasteiger partial charge >= 0.3 is 0 Å². The molecule has 32 heavy (non-hydrogen) atoms. The summed E-state index contributed by atoms with van der Waals surface area (Å²) in [4.78, 5) is 12.1. The van der Waals surface area contributed by atoms with Crippen LogP contribution in [0.1, 0.15) is 52.2 Å². The number of phenols is 1. The van der Waals surface area contributed by atoms with E-state index in [-0.39, 0.29) is 29.1 Å². The van der Waals surface area contributed by atoms with Crippen LogP contribution in [0, 0.1) is 5.41 Å². The number of carbonyl (C=O) groups excluding carboxylic acids is 1. The molecular weight excluding hydrogens is 400 g/mol. The highest BCUT2D eigenvalue weighted by atomic mass is 16.5. The molecule has 0 bridgehead atoms. The summed E-state index contributed by atoms with van der Waals surface area (Å²) in [5, 5.41) is 16.0. The Bertz CT molecular complexity index is 1110. The molecule has 1 amide bonds. The van der Waals surface area contributed by atoms with Crippen molar-refractivity contribution in [2.45, 2.75) is 46.5 Å². The quantitative estimate of drug-likeness (QED) is 0.367. The number of benzene rings is 3. The molecule has 5 heteroatoms. The monoisotopic (exact) mass is 432 g/mol. The minimum atomic E-state index is -0.377. The molecule has 0 aromatic heterocycles. The van der Waals surface area contributed by atoms with Gasteiger partial charge in [0.15, 0.2) is 6.61 Å². The van der Waals surface area contributed by atoms with Crippen LogP contribution in [0.2, 0.25) is 0 Å². The van der Waals surface area contributed by atoms with Crippen LogP contribution in [-0.4, -0.2) is 23.8 Å².